The summed E-state index contributed by atoms with van der Waals surface area (Å²) in [5.41, 5.74) is 1.64. The van der Waals surface area contributed by atoms with Crippen LogP contribution in [0.2, 0.25) is 0 Å². The Hall–Kier alpha value is -1.94. The van der Waals surface area contributed by atoms with Crippen LogP contribution in [0.15, 0.2) is 48.2 Å². The smallest absolute Gasteiger partial charge is 0.276 e. The van der Waals surface area contributed by atoms with Crippen molar-refractivity contribution in [3.63, 3.8) is 0 Å². The summed E-state index contributed by atoms with van der Waals surface area (Å²) in [5.74, 6) is -0.0406. The van der Waals surface area contributed by atoms with Crippen LogP contribution >= 0.6 is 12.2 Å². The molecule has 1 aliphatic rings. The van der Waals surface area contributed by atoms with E-state index in [0.29, 0.717) is 17.4 Å². The Morgan fingerprint density at radius 1 is 1.30 bits per heavy atom. The lowest BCUT2D eigenvalue weighted by Gasteiger charge is -2.12. The molecule has 20 heavy (non-hydrogen) atoms. The van der Waals surface area contributed by atoms with E-state index in [1.165, 1.54) is 0 Å². The molecule has 2 rings (SSSR count). The van der Waals surface area contributed by atoms with Gasteiger partial charge in [0.05, 0.1) is 0 Å². The van der Waals surface area contributed by atoms with Gasteiger partial charge in [0.2, 0.25) is 0 Å². The summed E-state index contributed by atoms with van der Waals surface area (Å²) < 4.78 is 0. The molecule has 1 aliphatic heterocycles. The van der Waals surface area contributed by atoms with Crippen molar-refractivity contribution in [2.75, 3.05) is 6.54 Å². The number of hydrogen-bond acceptors (Lipinski definition) is 2. The molecule has 0 radical (unpaired) electrons. The van der Waals surface area contributed by atoms with Gasteiger partial charge >= 0.3 is 0 Å². The summed E-state index contributed by atoms with van der Waals surface area (Å²) in [5, 5.41) is 3.47. The van der Waals surface area contributed by atoms with Gasteiger partial charge in [0, 0.05) is 6.54 Å². The number of unbranched alkanes of at least 4 members (excludes halogenated alkanes) is 1. The Morgan fingerprint density at radius 2 is 2.05 bits per heavy atom. The summed E-state index contributed by atoms with van der Waals surface area (Å²) in [6.45, 7) is 2.78. The Labute approximate surface area is 125 Å². The van der Waals surface area contributed by atoms with E-state index in [1.807, 2.05) is 42.5 Å². The van der Waals surface area contributed by atoms with Crippen molar-refractivity contribution in [3.05, 3.63) is 53.7 Å². The van der Waals surface area contributed by atoms with Crippen molar-refractivity contribution < 1.29 is 4.79 Å². The number of amides is 1. The predicted octanol–water partition coefficient (Wildman–Crippen LogP) is 3.10. The molecule has 4 heteroatoms. The quantitative estimate of drug-likeness (QED) is 0.667. The summed E-state index contributed by atoms with van der Waals surface area (Å²) >= 11 is 5.18. The van der Waals surface area contributed by atoms with E-state index in [4.69, 9.17) is 12.2 Å². The molecule has 0 aromatic heterocycles. The largest absolute Gasteiger partial charge is 0.328 e. The van der Waals surface area contributed by atoms with E-state index in [9.17, 15) is 4.79 Å². The van der Waals surface area contributed by atoms with Gasteiger partial charge in [-0.25, -0.2) is 0 Å². The predicted molar refractivity (Wildman–Crippen MR) is 85.9 cm³/mol. The highest BCUT2D eigenvalue weighted by molar-refractivity contribution is 7.80. The van der Waals surface area contributed by atoms with E-state index in [-0.39, 0.29) is 5.91 Å². The number of nitrogens with one attached hydrogen (secondary N) is 1. The molecule has 1 saturated heterocycles. The zero-order chi connectivity index (χ0) is 14.4. The van der Waals surface area contributed by atoms with Gasteiger partial charge in [0.15, 0.2) is 5.11 Å². The van der Waals surface area contributed by atoms with E-state index >= 15 is 0 Å². The van der Waals surface area contributed by atoms with E-state index in [2.05, 4.69) is 12.2 Å². The molecule has 0 atom stereocenters. The summed E-state index contributed by atoms with van der Waals surface area (Å²) in [7, 11) is 0. The van der Waals surface area contributed by atoms with Crippen LogP contribution in [-0.4, -0.2) is 22.5 Å². The first-order valence-corrected chi connectivity index (χ1v) is 7.19. The molecule has 0 aliphatic carbocycles. The number of allylic oxidation sites excluding steroid dienone is 2. The molecule has 0 bridgehead atoms. The van der Waals surface area contributed by atoms with E-state index in [0.717, 1.165) is 18.4 Å². The number of carbonyl (C=O) groups is 1. The molecule has 1 N–H and O–H groups in total. The minimum absolute atomic E-state index is 0.0406. The third-order valence-corrected chi connectivity index (χ3v) is 3.37. The minimum Gasteiger partial charge on any atom is -0.328 e. The molecule has 0 saturated carbocycles. The molecule has 104 valence electrons. The molecular weight excluding hydrogens is 268 g/mol. The first-order valence-electron chi connectivity index (χ1n) is 6.78. The van der Waals surface area contributed by atoms with Crippen molar-refractivity contribution >= 4 is 29.3 Å². The van der Waals surface area contributed by atoms with Gasteiger partial charge in [-0.3, -0.25) is 9.69 Å². The maximum Gasteiger partial charge on any atom is 0.276 e. The molecule has 1 heterocycles. The molecule has 1 amide bonds. The number of thiocarbonyl (C=S) groups is 1. The second-order valence-electron chi connectivity index (χ2n) is 4.59. The fourth-order valence-electron chi connectivity index (χ4n) is 1.93. The second-order valence-corrected chi connectivity index (χ2v) is 4.98. The van der Waals surface area contributed by atoms with Gasteiger partial charge in [0.1, 0.15) is 5.70 Å². The lowest BCUT2D eigenvalue weighted by atomic mass is 10.2. The van der Waals surface area contributed by atoms with Crippen LogP contribution in [-0.2, 0) is 4.79 Å². The van der Waals surface area contributed by atoms with Crippen molar-refractivity contribution in [3.8, 4) is 0 Å². The van der Waals surface area contributed by atoms with Crippen molar-refractivity contribution in [1.29, 1.82) is 0 Å². The molecule has 1 aromatic rings. The zero-order valence-electron chi connectivity index (χ0n) is 11.5. The Kier molecular flexibility index (Phi) is 5.07. The standard InChI is InChI=1S/C16H18N2OS/c1-2-3-12-18-15(19)14(17-16(18)20)11-7-10-13-8-5-4-6-9-13/h4-11H,2-3,12H2,1H3,(H,17,20)/b10-7+,14-11+. The number of hydrogen-bond donors (Lipinski definition) is 1. The Balaban J connectivity index is 2.03. The first-order chi connectivity index (χ1) is 9.72. The molecule has 1 fully saturated rings. The van der Waals surface area contributed by atoms with Crippen LogP contribution in [0.25, 0.3) is 6.08 Å². The molecule has 0 unspecified atom stereocenters. The number of carbonyl (C=O) groups excluding carboxylic acids is 1. The van der Waals surface area contributed by atoms with E-state index < -0.39 is 0 Å². The fourth-order valence-corrected chi connectivity index (χ4v) is 2.21. The minimum atomic E-state index is -0.0406. The van der Waals surface area contributed by atoms with Gasteiger partial charge in [-0.15, -0.1) is 0 Å². The maximum absolute atomic E-state index is 12.1. The lowest BCUT2D eigenvalue weighted by molar-refractivity contribution is -0.122. The Morgan fingerprint density at radius 3 is 2.75 bits per heavy atom. The average Bonchev–Trinajstić information content (AvgIpc) is 2.73. The van der Waals surface area contributed by atoms with Gasteiger partial charge in [-0.1, -0.05) is 55.8 Å². The Bertz CT molecular complexity index is 549. The van der Waals surface area contributed by atoms with E-state index in [1.54, 1.807) is 11.0 Å². The fraction of sp³-hybridized carbons (Fsp3) is 0.250. The first kappa shape index (κ1) is 14.5. The topological polar surface area (TPSA) is 32.3 Å². The van der Waals surface area contributed by atoms with Crippen LogP contribution < -0.4 is 5.32 Å². The third kappa shape index (κ3) is 3.54. The monoisotopic (exact) mass is 286 g/mol. The average molecular weight is 286 g/mol. The highest BCUT2D eigenvalue weighted by atomic mass is 32.1. The van der Waals surface area contributed by atoms with Gasteiger partial charge in [0.25, 0.3) is 5.91 Å². The number of rotatable bonds is 5. The van der Waals surface area contributed by atoms with Crippen LogP contribution in [0.1, 0.15) is 25.3 Å². The van der Waals surface area contributed by atoms with Gasteiger partial charge in [-0.05, 0) is 30.3 Å². The summed E-state index contributed by atoms with van der Waals surface area (Å²) in [6.07, 6.45) is 7.59. The highest BCUT2D eigenvalue weighted by Gasteiger charge is 2.29. The molecular formula is C16H18N2OS. The maximum atomic E-state index is 12.1. The van der Waals surface area contributed by atoms with Gasteiger partial charge < -0.3 is 5.32 Å². The summed E-state index contributed by atoms with van der Waals surface area (Å²) in [6, 6.07) is 9.96. The van der Waals surface area contributed by atoms with Crippen molar-refractivity contribution in [1.82, 2.24) is 10.2 Å². The second kappa shape index (κ2) is 7.01. The molecule has 3 nitrogen and oxygen atoms in total. The highest BCUT2D eigenvalue weighted by Crippen LogP contribution is 2.11. The zero-order valence-corrected chi connectivity index (χ0v) is 12.3. The normalized spacial score (nSPS) is 17.2. The molecule has 1 aromatic carbocycles. The van der Waals surface area contributed by atoms with Crippen molar-refractivity contribution in [2.45, 2.75) is 19.8 Å². The van der Waals surface area contributed by atoms with Crippen molar-refractivity contribution in [2.24, 2.45) is 0 Å². The number of benzene rings is 1. The van der Waals surface area contributed by atoms with Crippen LogP contribution in [0, 0.1) is 0 Å². The summed E-state index contributed by atoms with van der Waals surface area (Å²) in [4.78, 5) is 13.8. The van der Waals surface area contributed by atoms with Crippen LogP contribution in [0.5, 0.6) is 0 Å². The SMILES string of the molecule is CCCCN1C(=O)/C(=C\C=C\c2ccccc2)NC1=S. The molecule has 0 spiro atoms. The lowest BCUT2D eigenvalue weighted by Crippen LogP contribution is -2.31. The van der Waals surface area contributed by atoms with Gasteiger partial charge in [-0.2, -0.15) is 0 Å². The van der Waals surface area contributed by atoms with Crippen LogP contribution in [0.4, 0.5) is 0 Å². The third-order valence-electron chi connectivity index (χ3n) is 3.05. The number of nitrogens with zero attached hydrogens (tertiary/aromatic N) is 1. The van der Waals surface area contributed by atoms with Crippen LogP contribution in [0.3, 0.4) is 0 Å².